The number of nitrogens with one attached hydrogen (secondary N) is 2. The second kappa shape index (κ2) is 9.84. The van der Waals surface area contributed by atoms with Crippen LogP contribution in [0.5, 0.6) is 5.75 Å². The molecule has 0 bridgehead atoms. The molecule has 2 N–H and O–H groups in total. The van der Waals surface area contributed by atoms with Crippen molar-refractivity contribution in [3.63, 3.8) is 0 Å². The number of hydrogen-bond acceptors (Lipinski definition) is 8. The molecule has 5 aromatic heterocycles. The molecule has 6 heterocycles. The average molecular weight is 522 g/mol. The Balaban J connectivity index is 1.23. The van der Waals surface area contributed by atoms with Crippen molar-refractivity contribution in [2.24, 2.45) is 0 Å². The largest absolute Gasteiger partial charge is 0.492 e. The van der Waals surface area contributed by atoms with Gasteiger partial charge in [-0.1, -0.05) is 0 Å². The van der Waals surface area contributed by atoms with E-state index in [9.17, 15) is 4.39 Å². The first-order valence-electron chi connectivity index (χ1n) is 12.8. The van der Waals surface area contributed by atoms with E-state index < -0.39 is 0 Å². The molecular formula is C28H24FN9O. The van der Waals surface area contributed by atoms with Gasteiger partial charge in [0.15, 0.2) is 11.5 Å². The Morgan fingerprint density at radius 2 is 1.87 bits per heavy atom. The smallest absolute Gasteiger partial charge is 0.181 e. The van der Waals surface area contributed by atoms with Crippen molar-refractivity contribution >= 4 is 22.1 Å². The molecule has 0 unspecified atom stereocenters. The minimum Gasteiger partial charge on any atom is -0.492 e. The fourth-order valence-corrected chi connectivity index (χ4v) is 5.02. The normalized spacial score (nSPS) is 14.0. The lowest BCUT2D eigenvalue weighted by Crippen LogP contribution is -2.25. The maximum absolute atomic E-state index is 14.6. The molecule has 0 saturated carbocycles. The zero-order valence-electron chi connectivity index (χ0n) is 20.9. The van der Waals surface area contributed by atoms with Gasteiger partial charge < -0.3 is 9.72 Å². The van der Waals surface area contributed by atoms with E-state index >= 15 is 0 Å². The van der Waals surface area contributed by atoms with E-state index in [1.165, 1.54) is 25.0 Å². The summed E-state index contributed by atoms with van der Waals surface area (Å²) in [6.07, 6.45) is 10.8. The summed E-state index contributed by atoms with van der Waals surface area (Å²) >= 11 is 0. The number of likely N-dealkylation sites (tertiary alicyclic amines) is 1. The number of halogens is 1. The van der Waals surface area contributed by atoms with E-state index in [2.05, 4.69) is 40.0 Å². The quantitative estimate of drug-likeness (QED) is 0.312. The van der Waals surface area contributed by atoms with E-state index in [-0.39, 0.29) is 5.82 Å². The molecule has 194 valence electrons. The highest BCUT2D eigenvalue weighted by atomic mass is 19.1. The van der Waals surface area contributed by atoms with Crippen LogP contribution in [0.4, 0.5) is 4.39 Å². The van der Waals surface area contributed by atoms with Crippen LogP contribution in [0.1, 0.15) is 12.8 Å². The molecule has 39 heavy (non-hydrogen) atoms. The van der Waals surface area contributed by atoms with Crippen LogP contribution >= 0.6 is 0 Å². The van der Waals surface area contributed by atoms with Gasteiger partial charge in [-0.2, -0.15) is 5.10 Å². The molecule has 1 aliphatic heterocycles. The van der Waals surface area contributed by atoms with Crippen molar-refractivity contribution in [1.29, 1.82) is 0 Å². The van der Waals surface area contributed by atoms with Crippen molar-refractivity contribution in [1.82, 2.24) is 45.0 Å². The van der Waals surface area contributed by atoms with E-state index in [0.29, 0.717) is 52.0 Å². The Hall–Kier alpha value is -4.77. The monoisotopic (exact) mass is 521 g/mol. The standard InChI is InChI=1S/C28H24FN9O/c29-19-11-17(12-20(14-19)39-10-9-38-7-1-2-8-38)24-26-22(3-4-32-24)34-28(35-26)25-21-13-18(15-33-27(21)37-36-25)23-16-30-5-6-31-23/h3-6,11-16H,1-2,7-10H2,(H,34,35)(H,33,36,37). The number of H-pyrrole nitrogens is 2. The first-order valence-corrected chi connectivity index (χ1v) is 12.8. The van der Waals surface area contributed by atoms with Gasteiger partial charge in [0.2, 0.25) is 0 Å². The van der Waals surface area contributed by atoms with Crippen molar-refractivity contribution in [2.75, 3.05) is 26.2 Å². The molecule has 6 aromatic rings. The lowest BCUT2D eigenvalue weighted by Gasteiger charge is -2.15. The summed E-state index contributed by atoms with van der Waals surface area (Å²) < 4.78 is 20.6. The van der Waals surface area contributed by atoms with Crippen LogP contribution in [0.15, 0.2) is 61.3 Å². The topological polar surface area (TPSA) is 121 Å². The van der Waals surface area contributed by atoms with E-state index in [0.717, 1.165) is 36.1 Å². The second-order valence-corrected chi connectivity index (χ2v) is 9.50. The van der Waals surface area contributed by atoms with Crippen molar-refractivity contribution < 1.29 is 9.13 Å². The zero-order chi connectivity index (χ0) is 26.2. The molecule has 0 atom stereocenters. The van der Waals surface area contributed by atoms with E-state index in [4.69, 9.17) is 9.72 Å². The van der Waals surface area contributed by atoms with Gasteiger partial charge in [-0.3, -0.25) is 25.0 Å². The molecule has 1 aromatic carbocycles. The summed E-state index contributed by atoms with van der Waals surface area (Å²) in [7, 11) is 0. The van der Waals surface area contributed by atoms with Gasteiger partial charge in [-0.15, -0.1) is 0 Å². The van der Waals surface area contributed by atoms with E-state index in [1.54, 1.807) is 31.0 Å². The van der Waals surface area contributed by atoms with Gasteiger partial charge in [-0.25, -0.2) is 14.4 Å². The molecule has 1 fully saturated rings. The van der Waals surface area contributed by atoms with Gasteiger partial charge in [0.25, 0.3) is 0 Å². The number of fused-ring (bicyclic) bond motifs is 2. The molecule has 0 radical (unpaired) electrons. The summed E-state index contributed by atoms with van der Waals surface area (Å²) in [5.41, 5.74) is 5.27. The van der Waals surface area contributed by atoms with Crippen LogP contribution in [0.3, 0.4) is 0 Å². The SMILES string of the molecule is Fc1cc(OCCN2CCCC2)cc(-c2nccc3[nH]c(-c4[nH]nc5ncc(-c6cnccn6)cc45)nc23)c1. The van der Waals surface area contributed by atoms with Crippen LogP contribution < -0.4 is 4.74 Å². The summed E-state index contributed by atoms with van der Waals surface area (Å²) in [5, 5.41) is 8.17. The first-order chi connectivity index (χ1) is 19.2. The molecule has 10 nitrogen and oxygen atoms in total. The van der Waals surface area contributed by atoms with Crippen LogP contribution in [0.2, 0.25) is 0 Å². The van der Waals surface area contributed by atoms with Crippen molar-refractivity contribution in [3.05, 3.63) is 67.1 Å². The number of ether oxygens (including phenoxy) is 1. The van der Waals surface area contributed by atoms with E-state index in [1.807, 2.05) is 18.2 Å². The lowest BCUT2D eigenvalue weighted by molar-refractivity contribution is 0.237. The molecule has 1 saturated heterocycles. The minimum atomic E-state index is -0.389. The molecule has 1 aliphatic rings. The zero-order valence-corrected chi connectivity index (χ0v) is 20.9. The highest BCUT2D eigenvalue weighted by Gasteiger charge is 2.18. The fourth-order valence-electron chi connectivity index (χ4n) is 5.02. The molecule has 0 spiro atoms. The molecule has 0 amide bonds. The number of hydrogen-bond donors (Lipinski definition) is 2. The lowest BCUT2D eigenvalue weighted by atomic mass is 10.1. The fraction of sp³-hybridized carbons (Fsp3) is 0.214. The number of aromatic amines is 2. The Morgan fingerprint density at radius 1 is 0.949 bits per heavy atom. The van der Waals surface area contributed by atoms with Crippen molar-refractivity contribution in [2.45, 2.75) is 12.8 Å². The summed E-state index contributed by atoms with van der Waals surface area (Å²) in [5.74, 6) is 0.652. The summed E-state index contributed by atoms with van der Waals surface area (Å²) in [4.78, 5) is 28.1. The third-order valence-electron chi connectivity index (χ3n) is 6.93. The highest BCUT2D eigenvalue weighted by Crippen LogP contribution is 2.32. The average Bonchev–Trinajstić information content (AvgIpc) is 3.72. The minimum absolute atomic E-state index is 0.389. The Kier molecular flexibility index (Phi) is 5.89. The highest BCUT2D eigenvalue weighted by molar-refractivity contribution is 5.96. The molecule has 11 heteroatoms. The Labute approximate surface area is 222 Å². The third kappa shape index (κ3) is 4.57. The van der Waals surface area contributed by atoms with Crippen LogP contribution in [0.25, 0.3) is 56.1 Å². The van der Waals surface area contributed by atoms with Gasteiger partial charge in [0, 0.05) is 48.5 Å². The molecular weight excluding hydrogens is 497 g/mol. The van der Waals surface area contributed by atoms with Gasteiger partial charge in [0.1, 0.15) is 29.4 Å². The third-order valence-corrected chi connectivity index (χ3v) is 6.93. The molecule has 7 rings (SSSR count). The van der Waals surface area contributed by atoms with Gasteiger partial charge >= 0.3 is 0 Å². The molecule has 0 aliphatic carbocycles. The predicted molar refractivity (Wildman–Crippen MR) is 144 cm³/mol. The van der Waals surface area contributed by atoms with Gasteiger partial charge in [0.05, 0.1) is 28.5 Å². The number of benzene rings is 1. The first kappa shape index (κ1) is 23.4. The van der Waals surface area contributed by atoms with Crippen molar-refractivity contribution in [3.8, 4) is 39.8 Å². The maximum Gasteiger partial charge on any atom is 0.181 e. The predicted octanol–water partition coefficient (Wildman–Crippen LogP) is 4.63. The van der Waals surface area contributed by atoms with Crippen LogP contribution in [0, 0.1) is 5.82 Å². The number of imidazole rings is 1. The number of pyridine rings is 2. The van der Waals surface area contributed by atoms with Gasteiger partial charge in [-0.05, 0) is 50.2 Å². The number of aromatic nitrogens is 8. The van der Waals surface area contributed by atoms with Crippen LogP contribution in [-0.2, 0) is 0 Å². The summed E-state index contributed by atoms with van der Waals surface area (Å²) in [6.45, 7) is 3.52. The Morgan fingerprint density at radius 3 is 2.74 bits per heavy atom. The summed E-state index contributed by atoms with van der Waals surface area (Å²) in [6, 6.07) is 8.46. The Bertz CT molecular complexity index is 1780. The number of rotatable bonds is 7. The van der Waals surface area contributed by atoms with Crippen LogP contribution in [-0.4, -0.2) is 71.2 Å². The second-order valence-electron chi connectivity index (χ2n) is 9.50. The number of nitrogens with zero attached hydrogens (tertiary/aromatic N) is 7. The maximum atomic E-state index is 14.6.